The largest absolute Gasteiger partial charge is 0.443 e. The monoisotopic (exact) mass is 255 g/mol. The van der Waals surface area contributed by atoms with Gasteiger partial charge in [0.15, 0.2) is 5.13 Å². The molecule has 2 rings (SSSR count). The molecule has 17 heavy (non-hydrogen) atoms. The Hall–Kier alpha value is -1.14. The number of nitrogens with zero attached hydrogens (tertiary/aromatic N) is 2. The van der Waals surface area contributed by atoms with Gasteiger partial charge in [0, 0.05) is 11.4 Å². The number of hydrogen-bond acceptors (Lipinski definition) is 5. The first-order valence-corrected chi connectivity index (χ1v) is 6.56. The Morgan fingerprint density at radius 2 is 2.41 bits per heavy atom. The van der Waals surface area contributed by atoms with Crippen LogP contribution in [0.3, 0.4) is 0 Å². The highest BCUT2D eigenvalue weighted by Gasteiger charge is 2.33. The number of thiazole rings is 1. The highest BCUT2D eigenvalue weighted by atomic mass is 32.1. The van der Waals surface area contributed by atoms with Crippen LogP contribution in [0.4, 0.5) is 9.93 Å². The quantitative estimate of drug-likeness (QED) is 0.887. The summed E-state index contributed by atoms with van der Waals surface area (Å²) >= 11 is 1.55. The summed E-state index contributed by atoms with van der Waals surface area (Å²) in [6.07, 6.45) is 0.522. The summed E-state index contributed by atoms with van der Waals surface area (Å²) in [6, 6.07) is 0. The topological polar surface area (TPSA) is 54.5 Å². The molecule has 0 aliphatic carbocycles. The Labute approximate surface area is 105 Å². The van der Waals surface area contributed by atoms with E-state index in [1.54, 1.807) is 16.2 Å². The number of rotatable bonds is 4. The number of amides is 1. The molecule has 1 fully saturated rings. The van der Waals surface area contributed by atoms with Gasteiger partial charge in [0.2, 0.25) is 0 Å². The number of likely N-dealkylation sites (N-methyl/N-ethyl adjacent to an activating group) is 1. The van der Waals surface area contributed by atoms with E-state index in [0.717, 1.165) is 17.2 Å². The third-order valence-electron chi connectivity index (χ3n) is 2.75. The van der Waals surface area contributed by atoms with Crippen molar-refractivity contribution >= 4 is 22.6 Å². The molecule has 5 nitrogen and oxygen atoms in total. The number of hydrogen-bond donors (Lipinski definition) is 1. The van der Waals surface area contributed by atoms with E-state index in [1.807, 2.05) is 14.0 Å². The SMILES string of the molecule is CCc1nc(N2C[C@H](CNC)OC2=O)sc1C. The molecule has 1 amide bonds. The number of anilines is 1. The van der Waals surface area contributed by atoms with Gasteiger partial charge in [0.25, 0.3) is 0 Å². The number of aryl methyl sites for hydroxylation is 2. The zero-order valence-corrected chi connectivity index (χ0v) is 11.1. The minimum Gasteiger partial charge on any atom is -0.443 e. The number of cyclic esters (lactones) is 1. The fourth-order valence-electron chi connectivity index (χ4n) is 1.87. The van der Waals surface area contributed by atoms with Crippen LogP contribution in [0.1, 0.15) is 17.5 Å². The zero-order chi connectivity index (χ0) is 12.4. The molecule has 0 spiro atoms. The molecule has 1 saturated heterocycles. The van der Waals surface area contributed by atoms with Crippen molar-refractivity contribution in [2.24, 2.45) is 0 Å². The zero-order valence-electron chi connectivity index (χ0n) is 10.3. The van der Waals surface area contributed by atoms with Crippen molar-refractivity contribution in [3.05, 3.63) is 10.6 Å². The van der Waals surface area contributed by atoms with Gasteiger partial charge < -0.3 is 10.1 Å². The Morgan fingerprint density at radius 3 is 3.00 bits per heavy atom. The Bertz CT molecular complexity index is 419. The normalized spacial score (nSPS) is 19.8. The number of aromatic nitrogens is 1. The summed E-state index contributed by atoms with van der Waals surface area (Å²) in [5.74, 6) is 0. The number of nitrogens with one attached hydrogen (secondary N) is 1. The molecule has 6 heteroatoms. The molecule has 1 aliphatic heterocycles. The van der Waals surface area contributed by atoms with Crippen molar-refractivity contribution in [2.45, 2.75) is 26.4 Å². The Morgan fingerprint density at radius 1 is 1.65 bits per heavy atom. The van der Waals surface area contributed by atoms with Gasteiger partial charge in [-0.1, -0.05) is 6.92 Å². The van der Waals surface area contributed by atoms with Gasteiger partial charge in [0.1, 0.15) is 6.10 Å². The fourth-order valence-corrected chi connectivity index (χ4v) is 2.86. The van der Waals surface area contributed by atoms with E-state index in [-0.39, 0.29) is 12.2 Å². The molecular weight excluding hydrogens is 238 g/mol. The molecule has 2 heterocycles. The Kier molecular flexibility index (Phi) is 3.63. The number of ether oxygens (including phenoxy) is 1. The van der Waals surface area contributed by atoms with Crippen molar-refractivity contribution in [3.63, 3.8) is 0 Å². The maximum Gasteiger partial charge on any atom is 0.416 e. The molecule has 1 N–H and O–H groups in total. The average molecular weight is 255 g/mol. The second kappa shape index (κ2) is 5.01. The predicted molar refractivity (Wildman–Crippen MR) is 67.8 cm³/mol. The van der Waals surface area contributed by atoms with Gasteiger partial charge in [0.05, 0.1) is 12.2 Å². The highest BCUT2D eigenvalue weighted by molar-refractivity contribution is 7.15. The standard InChI is InChI=1S/C11H17N3O2S/c1-4-9-7(2)17-10(13-9)14-6-8(5-12-3)16-11(14)15/h8,12H,4-6H2,1-3H3/t8-/m0/s1. The molecule has 94 valence electrons. The van der Waals surface area contributed by atoms with Crippen LogP contribution < -0.4 is 10.2 Å². The lowest BCUT2D eigenvalue weighted by atomic mass is 10.3. The van der Waals surface area contributed by atoms with Crippen LogP contribution >= 0.6 is 11.3 Å². The number of carbonyl (C=O) groups is 1. The van der Waals surface area contributed by atoms with Crippen LogP contribution in [-0.2, 0) is 11.2 Å². The highest BCUT2D eigenvalue weighted by Crippen LogP contribution is 2.29. The van der Waals surface area contributed by atoms with Gasteiger partial charge >= 0.3 is 6.09 Å². The molecule has 1 aliphatic rings. The molecule has 1 aromatic rings. The van der Waals surface area contributed by atoms with Gasteiger partial charge in [-0.05, 0) is 20.4 Å². The van der Waals surface area contributed by atoms with E-state index in [0.29, 0.717) is 13.1 Å². The number of carbonyl (C=O) groups excluding carboxylic acids is 1. The summed E-state index contributed by atoms with van der Waals surface area (Å²) in [5.41, 5.74) is 1.06. The minimum absolute atomic E-state index is 0.0817. The summed E-state index contributed by atoms with van der Waals surface area (Å²) in [4.78, 5) is 19.0. The van der Waals surface area contributed by atoms with Crippen molar-refractivity contribution in [1.29, 1.82) is 0 Å². The van der Waals surface area contributed by atoms with Crippen LogP contribution in [0.25, 0.3) is 0 Å². The lowest BCUT2D eigenvalue weighted by Gasteiger charge is -2.08. The molecule has 0 aromatic carbocycles. The van der Waals surface area contributed by atoms with E-state index in [9.17, 15) is 4.79 Å². The average Bonchev–Trinajstić information content (AvgIpc) is 2.82. The molecule has 1 aromatic heterocycles. The van der Waals surface area contributed by atoms with Crippen molar-refractivity contribution in [3.8, 4) is 0 Å². The van der Waals surface area contributed by atoms with E-state index < -0.39 is 0 Å². The second-order valence-corrected chi connectivity index (χ2v) is 5.21. The maximum absolute atomic E-state index is 11.7. The van der Waals surface area contributed by atoms with E-state index in [2.05, 4.69) is 17.2 Å². The van der Waals surface area contributed by atoms with E-state index in [1.165, 1.54) is 4.88 Å². The second-order valence-electron chi connectivity index (χ2n) is 4.03. The first-order valence-electron chi connectivity index (χ1n) is 5.74. The molecule has 0 saturated carbocycles. The van der Waals surface area contributed by atoms with Crippen LogP contribution in [0.15, 0.2) is 0 Å². The van der Waals surface area contributed by atoms with Crippen LogP contribution in [0.2, 0.25) is 0 Å². The summed E-state index contributed by atoms with van der Waals surface area (Å²) in [7, 11) is 1.85. The fraction of sp³-hybridized carbons (Fsp3) is 0.636. The summed E-state index contributed by atoms with van der Waals surface area (Å²) < 4.78 is 5.24. The van der Waals surface area contributed by atoms with Crippen molar-refractivity contribution in [2.75, 3.05) is 25.0 Å². The van der Waals surface area contributed by atoms with Gasteiger partial charge in [-0.3, -0.25) is 0 Å². The Balaban J connectivity index is 2.14. The third kappa shape index (κ3) is 2.42. The minimum atomic E-state index is -0.290. The van der Waals surface area contributed by atoms with Gasteiger partial charge in [-0.15, -0.1) is 11.3 Å². The predicted octanol–water partition coefficient (Wildman–Crippen LogP) is 1.56. The molecular formula is C11H17N3O2S. The van der Waals surface area contributed by atoms with Gasteiger partial charge in [-0.25, -0.2) is 14.7 Å². The van der Waals surface area contributed by atoms with Gasteiger partial charge in [-0.2, -0.15) is 0 Å². The smallest absolute Gasteiger partial charge is 0.416 e. The lowest BCUT2D eigenvalue weighted by Crippen LogP contribution is -2.28. The molecule has 1 atom stereocenters. The molecule has 0 radical (unpaired) electrons. The first-order chi connectivity index (χ1) is 8.15. The van der Waals surface area contributed by atoms with E-state index in [4.69, 9.17) is 4.74 Å². The third-order valence-corrected chi connectivity index (χ3v) is 3.79. The lowest BCUT2D eigenvalue weighted by molar-refractivity contribution is 0.141. The first kappa shape index (κ1) is 12.3. The molecule has 0 unspecified atom stereocenters. The summed E-state index contributed by atoms with van der Waals surface area (Å²) in [5, 5.41) is 3.76. The molecule has 0 bridgehead atoms. The summed E-state index contributed by atoms with van der Waals surface area (Å²) in [6.45, 7) is 5.35. The van der Waals surface area contributed by atoms with Crippen molar-refractivity contribution < 1.29 is 9.53 Å². The van der Waals surface area contributed by atoms with E-state index >= 15 is 0 Å². The maximum atomic E-state index is 11.7. The van der Waals surface area contributed by atoms with Crippen LogP contribution in [0.5, 0.6) is 0 Å². The van der Waals surface area contributed by atoms with Crippen molar-refractivity contribution in [1.82, 2.24) is 10.3 Å². The van der Waals surface area contributed by atoms with Crippen LogP contribution in [-0.4, -0.2) is 37.3 Å². The van der Waals surface area contributed by atoms with Crippen LogP contribution in [0, 0.1) is 6.92 Å².